The van der Waals surface area contributed by atoms with Crippen molar-refractivity contribution >= 4 is 17.5 Å². The molecule has 1 fully saturated rings. The molecule has 2 aromatic rings. The smallest absolute Gasteiger partial charge is 0.271 e. The minimum Gasteiger partial charge on any atom is -0.481 e. The van der Waals surface area contributed by atoms with Gasteiger partial charge in [0.2, 0.25) is 5.88 Å². The van der Waals surface area contributed by atoms with E-state index in [1.165, 1.54) is 0 Å². The van der Waals surface area contributed by atoms with Gasteiger partial charge in [-0.05, 0) is 25.8 Å². The van der Waals surface area contributed by atoms with Gasteiger partial charge in [0.1, 0.15) is 5.69 Å². The predicted molar refractivity (Wildman–Crippen MR) is 87.9 cm³/mol. The van der Waals surface area contributed by atoms with Gasteiger partial charge in [0.25, 0.3) is 5.91 Å². The van der Waals surface area contributed by atoms with Crippen molar-refractivity contribution in [2.75, 3.05) is 13.7 Å². The van der Waals surface area contributed by atoms with Gasteiger partial charge in [-0.25, -0.2) is 4.68 Å². The summed E-state index contributed by atoms with van der Waals surface area (Å²) >= 11 is 6.02. The van der Waals surface area contributed by atoms with Crippen LogP contribution in [0.25, 0.3) is 0 Å². The van der Waals surface area contributed by atoms with Crippen molar-refractivity contribution in [3.63, 3.8) is 0 Å². The summed E-state index contributed by atoms with van der Waals surface area (Å²) in [6, 6.07) is 1.70. The molecule has 3 rings (SSSR count). The molecule has 1 amide bonds. The molecule has 0 unspecified atom stereocenters. The van der Waals surface area contributed by atoms with E-state index in [-0.39, 0.29) is 11.9 Å². The van der Waals surface area contributed by atoms with E-state index in [2.05, 4.69) is 5.10 Å². The monoisotopic (exact) mass is 336 g/mol. The van der Waals surface area contributed by atoms with Crippen molar-refractivity contribution in [2.45, 2.75) is 25.8 Å². The average Bonchev–Trinajstić information content (AvgIpc) is 3.15. The topological polar surface area (TPSA) is 52.3 Å². The van der Waals surface area contributed by atoms with Crippen molar-refractivity contribution in [2.24, 2.45) is 14.1 Å². The van der Waals surface area contributed by atoms with Crippen molar-refractivity contribution in [3.8, 4) is 5.88 Å². The zero-order valence-corrected chi connectivity index (χ0v) is 14.6. The molecule has 124 valence electrons. The number of carbonyl (C=O) groups is 1. The first-order valence-corrected chi connectivity index (χ1v) is 8.02. The number of nitrogens with zero attached hydrogens (tertiary/aromatic N) is 4. The third-order valence-corrected chi connectivity index (χ3v) is 4.65. The number of methoxy groups -OCH3 is 1. The standard InChI is InChI=1S/C16H21ClN4O2/c1-10-14(16(23-4)20(3)18-10)12-6-5-7-21(12)15(22)13-8-11(17)9-19(13)2/h8-9,12H,5-7H2,1-4H3/t12-/m1/s1. The fraction of sp³-hybridized carbons (Fsp3) is 0.500. The average molecular weight is 337 g/mol. The lowest BCUT2D eigenvalue weighted by atomic mass is 10.0. The molecule has 0 aromatic carbocycles. The van der Waals surface area contributed by atoms with Gasteiger partial charge in [0.15, 0.2) is 0 Å². The molecule has 1 aliphatic rings. The van der Waals surface area contributed by atoms with Crippen LogP contribution in [0.1, 0.15) is 40.6 Å². The van der Waals surface area contributed by atoms with Crippen LogP contribution in [0.2, 0.25) is 5.02 Å². The van der Waals surface area contributed by atoms with Crippen molar-refractivity contribution in [3.05, 3.63) is 34.2 Å². The molecule has 0 bridgehead atoms. The molecule has 1 aliphatic heterocycles. The molecule has 2 aromatic heterocycles. The summed E-state index contributed by atoms with van der Waals surface area (Å²) in [7, 11) is 5.32. The number of hydrogen-bond acceptors (Lipinski definition) is 3. The lowest BCUT2D eigenvalue weighted by Crippen LogP contribution is -2.32. The van der Waals surface area contributed by atoms with E-state index in [1.807, 2.05) is 25.9 Å². The molecule has 3 heterocycles. The van der Waals surface area contributed by atoms with E-state index in [0.717, 1.165) is 36.5 Å². The number of hydrogen-bond donors (Lipinski definition) is 0. The minimum absolute atomic E-state index is 0.00722. The highest BCUT2D eigenvalue weighted by Gasteiger charge is 2.36. The Balaban J connectivity index is 1.98. The summed E-state index contributed by atoms with van der Waals surface area (Å²) in [4.78, 5) is 14.9. The second-order valence-electron chi connectivity index (χ2n) is 5.94. The summed E-state index contributed by atoms with van der Waals surface area (Å²) in [5.74, 6) is 0.712. The van der Waals surface area contributed by atoms with Crippen LogP contribution in [0, 0.1) is 6.92 Å². The number of amides is 1. The molecule has 0 radical (unpaired) electrons. The number of rotatable bonds is 3. The van der Waals surface area contributed by atoms with Crippen molar-refractivity contribution in [1.29, 1.82) is 0 Å². The van der Waals surface area contributed by atoms with Crippen LogP contribution in [0.15, 0.2) is 12.3 Å². The first kappa shape index (κ1) is 15.9. The summed E-state index contributed by atoms with van der Waals surface area (Å²) in [6.45, 7) is 2.68. The number of aromatic nitrogens is 3. The van der Waals surface area contributed by atoms with Crippen LogP contribution >= 0.6 is 11.6 Å². The number of likely N-dealkylation sites (tertiary alicyclic amines) is 1. The van der Waals surface area contributed by atoms with E-state index in [4.69, 9.17) is 16.3 Å². The van der Waals surface area contributed by atoms with Gasteiger partial charge >= 0.3 is 0 Å². The molecule has 1 atom stereocenters. The Hall–Kier alpha value is -1.95. The molecule has 0 aliphatic carbocycles. The van der Waals surface area contributed by atoms with Crippen molar-refractivity contribution < 1.29 is 9.53 Å². The Morgan fingerprint density at radius 3 is 2.78 bits per heavy atom. The molecule has 23 heavy (non-hydrogen) atoms. The van der Waals surface area contributed by atoms with Gasteiger partial charge in [-0.3, -0.25) is 4.79 Å². The fourth-order valence-corrected chi connectivity index (χ4v) is 3.72. The van der Waals surface area contributed by atoms with Crippen LogP contribution in [-0.4, -0.2) is 38.8 Å². The fourth-order valence-electron chi connectivity index (χ4n) is 3.47. The van der Waals surface area contributed by atoms with E-state index >= 15 is 0 Å². The summed E-state index contributed by atoms with van der Waals surface area (Å²) in [5.41, 5.74) is 2.50. The van der Waals surface area contributed by atoms with Crippen LogP contribution in [-0.2, 0) is 14.1 Å². The first-order chi connectivity index (χ1) is 10.9. The van der Waals surface area contributed by atoms with Crippen LogP contribution < -0.4 is 4.74 Å². The number of carbonyl (C=O) groups excluding carboxylic acids is 1. The molecule has 7 heteroatoms. The SMILES string of the molecule is COc1c([C@H]2CCCN2C(=O)c2cc(Cl)cn2C)c(C)nn1C. The maximum atomic E-state index is 13.0. The molecular weight excluding hydrogens is 316 g/mol. The molecule has 0 saturated carbocycles. The van der Waals surface area contributed by atoms with Gasteiger partial charge in [0, 0.05) is 26.8 Å². The molecule has 6 nitrogen and oxygen atoms in total. The maximum absolute atomic E-state index is 13.0. The lowest BCUT2D eigenvalue weighted by Gasteiger charge is -2.25. The van der Waals surface area contributed by atoms with Crippen molar-refractivity contribution in [1.82, 2.24) is 19.2 Å². The molecule has 0 spiro atoms. The first-order valence-electron chi connectivity index (χ1n) is 7.64. The zero-order chi connectivity index (χ0) is 16.7. The third-order valence-electron chi connectivity index (χ3n) is 4.45. The highest BCUT2D eigenvalue weighted by molar-refractivity contribution is 6.31. The summed E-state index contributed by atoms with van der Waals surface area (Å²) in [5, 5.41) is 5.01. The highest BCUT2D eigenvalue weighted by atomic mass is 35.5. The number of ether oxygens (including phenoxy) is 1. The van der Waals surface area contributed by atoms with Crippen LogP contribution in [0.3, 0.4) is 0 Å². The van der Waals surface area contributed by atoms with Crippen LogP contribution in [0.4, 0.5) is 0 Å². The Morgan fingerprint density at radius 2 is 2.17 bits per heavy atom. The molecule has 0 N–H and O–H groups in total. The minimum atomic E-state index is -0.0141. The van der Waals surface area contributed by atoms with Gasteiger partial charge in [-0.1, -0.05) is 11.6 Å². The third kappa shape index (κ3) is 2.61. The predicted octanol–water partition coefficient (Wildman–Crippen LogP) is 2.71. The summed E-state index contributed by atoms with van der Waals surface area (Å²) in [6.07, 6.45) is 3.62. The van der Waals surface area contributed by atoms with Crippen LogP contribution in [0.5, 0.6) is 5.88 Å². The van der Waals surface area contributed by atoms with E-state index in [1.54, 1.807) is 28.6 Å². The maximum Gasteiger partial charge on any atom is 0.271 e. The Morgan fingerprint density at radius 1 is 1.43 bits per heavy atom. The van der Waals surface area contributed by atoms with E-state index in [0.29, 0.717) is 10.7 Å². The lowest BCUT2D eigenvalue weighted by molar-refractivity contribution is 0.0724. The zero-order valence-electron chi connectivity index (χ0n) is 13.8. The van der Waals surface area contributed by atoms with E-state index in [9.17, 15) is 4.79 Å². The second-order valence-corrected chi connectivity index (χ2v) is 6.38. The van der Waals surface area contributed by atoms with Gasteiger partial charge in [-0.2, -0.15) is 5.10 Å². The normalized spacial score (nSPS) is 17.8. The molecule has 1 saturated heterocycles. The van der Waals surface area contributed by atoms with Gasteiger partial charge in [0.05, 0.1) is 29.4 Å². The van der Waals surface area contributed by atoms with Gasteiger partial charge < -0.3 is 14.2 Å². The largest absolute Gasteiger partial charge is 0.481 e. The van der Waals surface area contributed by atoms with E-state index < -0.39 is 0 Å². The number of halogens is 1. The van der Waals surface area contributed by atoms with Gasteiger partial charge in [-0.15, -0.1) is 0 Å². The second kappa shape index (κ2) is 5.92. The number of aryl methyl sites for hydroxylation is 3. The Labute approximate surface area is 140 Å². The molecular formula is C16H21ClN4O2. The Bertz CT molecular complexity index is 750. The Kier molecular flexibility index (Phi) is 4.10. The summed E-state index contributed by atoms with van der Waals surface area (Å²) < 4.78 is 9.01. The quantitative estimate of drug-likeness (QED) is 0.866. The highest BCUT2D eigenvalue weighted by Crippen LogP contribution is 2.39.